The van der Waals surface area contributed by atoms with Gasteiger partial charge in [0, 0.05) is 0 Å². The van der Waals surface area contributed by atoms with Crippen LogP contribution in [0.3, 0.4) is 0 Å². The molecule has 0 heterocycles. The first-order chi connectivity index (χ1) is 5.42. The van der Waals surface area contributed by atoms with E-state index in [1.807, 2.05) is 0 Å². The van der Waals surface area contributed by atoms with Crippen LogP contribution in [0.25, 0.3) is 0 Å². The maximum absolute atomic E-state index is 10.2. The third-order valence-corrected chi connectivity index (χ3v) is 2.81. The fourth-order valence-corrected chi connectivity index (χ4v) is 1.90. The van der Waals surface area contributed by atoms with Crippen molar-refractivity contribution in [3.8, 4) is 0 Å². The first kappa shape index (κ1) is 16.2. The number of nitrogens with two attached hydrogens (primary N) is 1. The number of thioether (sulfide) groups is 1. The van der Waals surface area contributed by atoms with E-state index in [1.165, 1.54) is 11.8 Å². The molecule has 0 unspecified atom stereocenters. The van der Waals surface area contributed by atoms with E-state index in [4.69, 9.17) is 10.3 Å². The van der Waals surface area contributed by atoms with Crippen LogP contribution in [0.2, 0.25) is 0 Å². The third kappa shape index (κ3) is 15.5. The molecule has 0 aromatic carbocycles. The number of rotatable bonds is 6. The molecular formula is C5H12NNaO4S2. The normalized spacial score (nSPS) is 10.5. The molecule has 0 atom stereocenters. The molecule has 0 saturated heterocycles. The zero-order valence-corrected chi connectivity index (χ0v) is 11.0. The van der Waals surface area contributed by atoms with Gasteiger partial charge in [-0.05, 0) is 12.2 Å². The number of carbonyl (C=O) groups is 1. The molecule has 13 heavy (non-hydrogen) atoms. The van der Waals surface area contributed by atoms with E-state index in [0.717, 1.165) is 0 Å². The predicted octanol–water partition coefficient (Wildman–Crippen LogP) is -3.40. The summed E-state index contributed by atoms with van der Waals surface area (Å²) in [5.74, 6) is -0.000628. The molecule has 3 N–H and O–H groups in total. The summed E-state index contributed by atoms with van der Waals surface area (Å²) in [4.78, 5) is 10.2. The van der Waals surface area contributed by atoms with E-state index < -0.39 is 16.0 Å². The van der Waals surface area contributed by atoms with E-state index in [1.54, 1.807) is 0 Å². The van der Waals surface area contributed by atoms with Crippen molar-refractivity contribution in [2.45, 2.75) is 6.42 Å². The quantitative estimate of drug-likeness (QED) is 0.285. The van der Waals surface area contributed by atoms with Crippen LogP contribution < -0.4 is 35.3 Å². The monoisotopic (exact) mass is 237 g/mol. The van der Waals surface area contributed by atoms with Crippen molar-refractivity contribution in [1.82, 2.24) is 0 Å². The Morgan fingerprint density at radius 2 is 2.08 bits per heavy atom. The van der Waals surface area contributed by atoms with E-state index in [9.17, 15) is 13.2 Å². The minimum absolute atomic E-state index is 0. The van der Waals surface area contributed by atoms with Gasteiger partial charge in [0.15, 0.2) is 0 Å². The minimum Gasteiger partial charge on any atom is -1.00 e. The first-order valence-electron chi connectivity index (χ1n) is 3.23. The molecule has 0 aromatic rings. The molecule has 0 aromatic heterocycles. The van der Waals surface area contributed by atoms with Gasteiger partial charge in [-0.2, -0.15) is 20.2 Å². The maximum atomic E-state index is 10.2. The van der Waals surface area contributed by atoms with E-state index in [-0.39, 0.29) is 42.5 Å². The number of carbonyl (C=O) groups excluding carboxylic acids is 1. The van der Waals surface area contributed by atoms with Crippen LogP contribution in [0.1, 0.15) is 7.85 Å². The molecule has 0 aliphatic heterocycles. The second kappa shape index (κ2) is 8.07. The van der Waals surface area contributed by atoms with Crippen LogP contribution in [0.5, 0.6) is 0 Å². The number of hydrogen-bond donors (Lipinski definition) is 2. The topological polar surface area (TPSA) is 97.5 Å². The van der Waals surface area contributed by atoms with Crippen LogP contribution in [0, 0.1) is 0 Å². The zero-order chi connectivity index (χ0) is 9.61. The molecule has 0 aliphatic rings. The predicted molar refractivity (Wildman–Crippen MR) is 48.7 cm³/mol. The molecular weight excluding hydrogens is 225 g/mol. The molecule has 1 amide bonds. The summed E-state index contributed by atoms with van der Waals surface area (Å²) in [6, 6.07) is 0. The smallest absolute Gasteiger partial charge is 1.00 e. The third-order valence-electron chi connectivity index (χ3n) is 0.935. The Kier molecular flexibility index (Phi) is 10.0. The van der Waals surface area contributed by atoms with Gasteiger partial charge in [-0.15, -0.1) is 0 Å². The number of hydrogen-bond acceptors (Lipinski definition) is 4. The number of amides is 1. The fraction of sp³-hybridized carbons (Fsp3) is 0.800. The molecule has 74 valence electrons. The standard InChI is InChI=1S/C5H11NO4S2.Na.H/c6-5(7)4-11-2-1-3-12(8,9)10;;/h1-4H2,(H2,6,7)(H,8,9,10);;/q;+1;-1. The minimum atomic E-state index is -3.85. The van der Waals surface area contributed by atoms with Crippen LogP contribution in [0.4, 0.5) is 0 Å². The average Bonchev–Trinajstić information content (AvgIpc) is 1.83. The van der Waals surface area contributed by atoms with Gasteiger partial charge in [-0.3, -0.25) is 9.35 Å². The summed E-state index contributed by atoms with van der Waals surface area (Å²) in [5.41, 5.74) is 4.83. The summed E-state index contributed by atoms with van der Waals surface area (Å²) in [6.07, 6.45) is 0.330. The van der Waals surface area contributed by atoms with Crippen molar-refractivity contribution < 1.29 is 48.7 Å². The second-order valence-electron chi connectivity index (χ2n) is 2.16. The van der Waals surface area contributed by atoms with E-state index in [0.29, 0.717) is 12.2 Å². The molecule has 0 fully saturated rings. The average molecular weight is 237 g/mol. The Balaban J connectivity index is -0.000000605. The maximum Gasteiger partial charge on any atom is 1.00 e. The second-order valence-corrected chi connectivity index (χ2v) is 4.84. The van der Waals surface area contributed by atoms with Crippen molar-refractivity contribution in [1.29, 1.82) is 0 Å². The SMILES string of the molecule is NC(=O)CSCCCS(=O)(=O)O.[H-].[Na+]. The van der Waals surface area contributed by atoms with Crippen molar-refractivity contribution in [3.63, 3.8) is 0 Å². The van der Waals surface area contributed by atoms with Crippen molar-refractivity contribution in [2.24, 2.45) is 5.73 Å². The van der Waals surface area contributed by atoms with Crippen LogP contribution in [-0.4, -0.2) is 36.1 Å². The first-order valence-corrected chi connectivity index (χ1v) is 5.99. The van der Waals surface area contributed by atoms with Crippen LogP contribution in [0.15, 0.2) is 0 Å². The molecule has 0 bridgehead atoms. The summed E-state index contributed by atoms with van der Waals surface area (Å²) in [7, 11) is -3.85. The van der Waals surface area contributed by atoms with Gasteiger partial charge in [-0.25, -0.2) is 0 Å². The summed E-state index contributed by atoms with van der Waals surface area (Å²) in [5, 5.41) is 0. The fourth-order valence-electron chi connectivity index (χ4n) is 0.516. The Morgan fingerprint density at radius 1 is 1.54 bits per heavy atom. The van der Waals surface area contributed by atoms with Gasteiger partial charge >= 0.3 is 29.6 Å². The van der Waals surface area contributed by atoms with Gasteiger partial charge in [-0.1, -0.05) is 0 Å². The van der Waals surface area contributed by atoms with E-state index in [2.05, 4.69) is 0 Å². The number of primary amides is 1. The summed E-state index contributed by atoms with van der Waals surface area (Å²) < 4.78 is 28.7. The van der Waals surface area contributed by atoms with Gasteiger partial charge in [0.25, 0.3) is 10.1 Å². The van der Waals surface area contributed by atoms with Gasteiger partial charge in [0.1, 0.15) is 0 Å². The van der Waals surface area contributed by atoms with Gasteiger partial charge in [0.2, 0.25) is 5.91 Å². The molecule has 5 nitrogen and oxygen atoms in total. The van der Waals surface area contributed by atoms with E-state index >= 15 is 0 Å². The zero-order valence-electron chi connectivity index (χ0n) is 8.39. The Hall–Kier alpha value is 0.730. The molecule has 0 aliphatic carbocycles. The van der Waals surface area contributed by atoms with Crippen molar-refractivity contribution >= 4 is 27.8 Å². The summed E-state index contributed by atoms with van der Waals surface area (Å²) >= 11 is 1.25. The Bertz CT molecular complexity index is 246. The van der Waals surface area contributed by atoms with Crippen LogP contribution >= 0.6 is 11.8 Å². The molecule has 0 radical (unpaired) electrons. The van der Waals surface area contributed by atoms with Crippen LogP contribution in [-0.2, 0) is 14.9 Å². The van der Waals surface area contributed by atoms with Crippen molar-refractivity contribution in [3.05, 3.63) is 0 Å². The molecule has 0 spiro atoms. The Morgan fingerprint density at radius 3 is 2.46 bits per heavy atom. The van der Waals surface area contributed by atoms with Crippen molar-refractivity contribution in [2.75, 3.05) is 17.3 Å². The Labute approximate surface area is 105 Å². The largest absolute Gasteiger partial charge is 1.00 e. The molecule has 0 saturated carbocycles. The van der Waals surface area contributed by atoms with Gasteiger partial charge in [0.05, 0.1) is 11.5 Å². The molecule has 0 rings (SSSR count). The molecule has 8 heteroatoms. The summed E-state index contributed by atoms with van der Waals surface area (Å²) in [6.45, 7) is 0. The van der Waals surface area contributed by atoms with Gasteiger partial charge < -0.3 is 7.16 Å².